The van der Waals surface area contributed by atoms with Gasteiger partial charge in [0, 0.05) is 44.7 Å². The van der Waals surface area contributed by atoms with E-state index in [1.807, 2.05) is 20.8 Å². The zero-order valence-corrected chi connectivity index (χ0v) is 16.8. The van der Waals surface area contributed by atoms with Crippen molar-refractivity contribution in [2.45, 2.75) is 45.2 Å². The second-order valence-corrected chi connectivity index (χ2v) is 9.20. The first-order chi connectivity index (χ1) is 12.3. The molecule has 1 saturated heterocycles. The molecular weight excluding hydrogens is 387 g/mol. The summed E-state index contributed by atoms with van der Waals surface area (Å²) in [5, 5.41) is 8.84. The number of nitrogens with one attached hydrogen (secondary N) is 3. The number of nitrogens with zero attached hydrogens (tertiary/aromatic N) is 2. The largest absolute Gasteiger partial charge is 0.511 e. The summed E-state index contributed by atoms with van der Waals surface area (Å²) in [6.45, 7) is 5.81. The lowest BCUT2D eigenvalue weighted by atomic mass is 9.96. The summed E-state index contributed by atoms with van der Waals surface area (Å²) in [7, 11) is -3.73. The molecule has 1 amide bonds. The third-order valence-corrected chi connectivity index (χ3v) is 5.66. The van der Waals surface area contributed by atoms with Crippen LogP contribution in [-0.2, 0) is 14.8 Å². The minimum atomic E-state index is -5.28. The van der Waals surface area contributed by atoms with Crippen LogP contribution in [0.15, 0.2) is 4.99 Å². The van der Waals surface area contributed by atoms with E-state index in [0.29, 0.717) is 23.4 Å². The van der Waals surface area contributed by atoms with E-state index in [9.17, 15) is 26.4 Å². The number of carbonyl (C=O) groups is 1. The second kappa shape index (κ2) is 9.09. The monoisotopic (exact) mass is 415 g/mol. The predicted octanol–water partition coefficient (Wildman–Crippen LogP) is 0.628. The molecule has 8 nitrogen and oxygen atoms in total. The first-order valence-electron chi connectivity index (χ1n) is 8.61. The minimum Gasteiger partial charge on any atom is -0.355 e. The molecule has 0 spiro atoms. The highest BCUT2D eigenvalue weighted by atomic mass is 32.2. The predicted molar refractivity (Wildman–Crippen MR) is 96.5 cm³/mol. The fourth-order valence-electron chi connectivity index (χ4n) is 2.40. The zero-order chi connectivity index (χ0) is 20.9. The van der Waals surface area contributed by atoms with E-state index < -0.39 is 20.9 Å². The Labute approximate surface area is 158 Å². The first kappa shape index (κ1) is 23.5. The summed E-state index contributed by atoms with van der Waals surface area (Å²) in [5.41, 5.74) is -5.76. The molecule has 0 radical (unpaired) electrons. The Balaban J connectivity index is 2.41. The van der Waals surface area contributed by atoms with Gasteiger partial charge in [-0.2, -0.15) is 17.5 Å². The maximum absolute atomic E-state index is 12.6. The number of aliphatic imine (C=N–C) groups is 1. The van der Waals surface area contributed by atoms with Crippen molar-refractivity contribution in [1.29, 1.82) is 0 Å². The quantitative estimate of drug-likeness (QED) is 0.347. The summed E-state index contributed by atoms with van der Waals surface area (Å²) in [6.07, 6.45) is 0.466. The number of piperidine rings is 1. The van der Waals surface area contributed by atoms with Gasteiger partial charge in [-0.1, -0.05) is 20.8 Å². The number of halogens is 3. The maximum Gasteiger partial charge on any atom is 0.511 e. The topological polar surface area (TPSA) is 103 Å². The van der Waals surface area contributed by atoms with Crippen molar-refractivity contribution in [2.75, 3.05) is 33.2 Å². The number of hydrogen-bond donors (Lipinski definition) is 3. The second-order valence-electron chi connectivity index (χ2n) is 7.27. The van der Waals surface area contributed by atoms with E-state index in [-0.39, 0.29) is 37.9 Å². The first-order valence-corrected chi connectivity index (χ1v) is 10.0. The molecule has 0 aromatic heterocycles. The van der Waals surface area contributed by atoms with E-state index in [1.54, 1.807) is 7.05 Å². The van der Waals surface area contributed by atoms with Gasteiger partial charge in [0.1, 0.15) is 0 Å². The van der Waals surface area contributed by atoms with E-state index in [2.05, 4.69) is 20.9 Å². The van der Waals surface area contributed by atoms with Crippen LogP contribution < -0.4 is 16.0 Å². The number of amides is 1. The lowest BCUT2D eigenvalue weighted by molar-refractivity contribution is -0.128. The third-order valence-electron chi connectivity index (χ3n) is 4.03. The van der Waals surface area contributed by atoms with Crippen LogP contribution in [0.4, 0.5) is 13.2 Å². The highest BCUT2D eigenvalue weighted by Crippen LogP contribution is 2.28. The molecule has 158 valence electrons. The van der Waals surface area contributed by atoms with Crippen LogP contribution in [0, 0.1) is 5.41 Å². The average Bonchev–Trinajstić information content (AvgIpc) is 2.55. The summed E-state index contributed by atoms with van der Waals surface area (Å²) in [4.78, 5) is 15.8. The fraction of sp³-hybridized carbons (Fsp3) is 0.867. The highest BCUT2D eigenvalue weighted by molar-refractivity contribution is 7.90. The van der Waals surface area contributed by atoms with Crippen molar-refractivity contribution in [2.24, 2.45) is 10.4 Å². The summed E-state index contributed by atoms with van der Waals surface area (Å²) < 4.78 is 61.0. The summed E-state index contributed by atoms with van der Waals surface area (Å²) >= 11 is 0. The number of hydrogen-bond acceptors (Lipinski definition) is 4. The number of alkyl halides is 3. The molecular formula is C15H28F3N5O3S. The van der Waals surface area contributed by atoms with Crippen molar-refractivity contribution >= 4 is 21.9 Å². The van der Waals surface area contributed by atoms with Crippen LogP contribution in [0.2, 0.25) is 0 Å². The number of carbonyl (C=O) groups excluding carboxylic acids is 1. The Hall–Kier alpha value is -1.56. The fourth-order valence-corrected chi connectivity index (χ4v) is 3.38. The van der Waals surface area contributed by atoms with E-state index in [4.69, 9.17) is 0 Å². The van der Waals surface area contributed by atoms with Crippen LogP contribution in [0.5, 0.6) is 0 Å². The molecule has 0 unspecified atom stereocenters. The van der Waals surface area contributed by atoms with Gasteiger partial charge in [-0.25, -0.2) is 8.42 Å². The minimum absolute atomic E-state index is 0.0782. The molecule has 1 aliphatic rings. The SMILES string of the molecule is CN=C(NCCNC(=O)C(C)(C)C)NC1CCN(S(=O)(=O)C(F)(F)F)CC1. The van der Waals surface area contributed by atoms with Gasteiger partial charge in [-0.15, -0.1) is 0 Å². The molecule has 0 saturated carbocycles. The Kier molecular flexibility index (Phi) is 7.90. The van der Waals surface area contributed by atoms with E-state index in [0.717, 1.165) is 0 Å². The standard InChI is InChI=1S/C15H28F3N5O3S/c1-14(2,3)12(24)20-7-8-21-13(19-4)22-11-5-9-23(10-6-11)27(25,26)15(16,17)18/h11H,5-10H2,1-4H3,(H,20,24)(H2,19,21,22). The summed E-state index contributed by atoms with van der Waals surface area (Å²) in [6, 6.07) is -0.194. The smallest absolute Gasteiger partial charge is 0.355 e. The molecule has 0 aromatic rings. The van der Waals surface area contributed by atoms with Crippen LogP contribution in [0.25, 0.3) is 0 Å². The Morgan fingerprint density at radius 3 is 2.07 bits per heavy atom. The van der Waals surface area contributed by atoms with Gasteiger partial charge in [-0.05, 0) is 12.8 Å². The zero-order valence-electron chi connectivity index (χ0n) is 16.0. The van der Waals surface area contributed by atoms with Gasteiger partial charge in [0.2, 0.25) is 5.91 Å². The lowest BCUT2D eigenvalue weighted by Gasteiger charge is -2.32. The molecule has 0 bridgehead atoms. The molecule has 12 heteroatoms. The van der Waals surface area contributed by atoms with E-state index >= 15 is 0 Å². The number of rotatable bonds is 5. The van der Waals surface area contributed by atoms with Crippen molar-refractivity contribution < 1.29 is 26.4 Å². The van der Waals surface area contributed by atoms with Crippen LogP contribution >= 0.6 is 0 Å². The van der Waals surface area contributed by atoms with Gasteiger partial charge < -0.3 is 16.0 Å². The third kappa shape index (κ3) is 6.83. The Morgan fingerprint density at radius 1 is 1.11 bits per heavy atom. The molecule has 0 atom stereocenters. The van der Waals surface area contributed by atoms with Gasteiger partial charge >= 0.3 is 15.5 Å². The Bertz CT molecular complexity index is 636. The van der Waals surface area contributed by atoms with Gasteiger partial charge in [-0.3, -0.25) is 9.79 Å². The molecule has 1 fully saturated rings. The number of sulfonamides is 1. The van der Waals surface area contributed by atoms with Gasteiger partial charge in [0.15, 0.2) is 5.96 Å². The molecule has 1 aliphatic heterocycles. The van der Waals surface area contributed by atoms with Gasteiger partial charge in [0.05, 0.1) is 0 Å². The molecule has 0 aliphatic carbocycles. The van der Waals surface area contributed by atoms with Crippen LogP contribution in [-0.4, -0.2) is 69.4 Å². The normalized spacial score (nSPS) is 18.3. The highest BCUT2D eigenvalue weighted by Gasteiger charge is 2.50. The maximum atomic E-state index is 12.6. The summed E-state index contributed by atoms with van der Waals surface area (Å²) in [5.74, 6) is 0.364. The van der Waals surface area contributed by atoms with Gasteiger partial charge in [0.25, 0.3) is 0 Å². The molecule has 27 heavy (non-hydrogen) atoms. The molecule has 3 N–H and O–H groups in total. The van der Waals surface area contributed by atoms with Crippen molar-refractivity contribution in [3.05, 3.63) is 0 Å². The Morgan fingerprint density at radius 2 is 1.63 bits per heavy atom. The molecule has 0 aromatic carbocycles. The van der Waals surface area contributed by atoms with E-state index in [1.165, 1.54) is 0 Å². The lowest BCUT2D eigenvalue weighted by Crippen LogP contribution is -2.52. The van der Waals surface area contributed by atoms with Crippen molar-refractivity contribution in [3.63, 3.8) is 0 Å². The molecule has 1 rings (SSSR count). The van der Waals surface area contributed by atoms with Crippen LogP contribution in [0.3, 0.4) is 0 Å². The average molecular weight is 415 g/mol. The van der Waals surface area contributed by atoms with Crippen molar-refractivity contribution in [3.8, 4) is 0 Å². The number of guanidine groups is 1. The molecule has 1 heterocycles. The van der Waals surface area contributed by atoms with Crippen molar-refractivity contribution in [1.82, 2.24) is 20.3 Å². The van der Waals surface area contributed by atoms with Crippen LogP contribution in [0.1, 0.15) is 33.6 Å².